The van der Waals surface area contributed by atoms with Crippen molar-refractivity contribution in [2.45, 2.75) is 13.3 Å². The first-order valence-corrected chi connectivity index (χ1v) is 5.84. The van der Waals surface area contributed by atoms with Crippen LogP contribution in [-0.4, -0.2) is 19.6 Å². The predicted molar refractivity (Wildman–Crippen MR) is 70.0 cm³/mol. The maximum Gasteiger partial charge on any atom is 0.224 e. The summed E-state index contributed by atoms with van der Waals surface area (Å²) in [6.45, 7) is 2.07. The maximum atomic E-state index is 5.82. The third-order valence-electron chi connectivity index (χ3n) is 2.92. The smallest absolute Gasteiger partial charge is 0.224 e. The Morgan fingerprint density at radius 3 is 2.67 bits per heavy atom. The average Bonchev–Trinajstić information content (AvgIpc) is 2.80. The van der Waals surface area contributed by atoms with Crippen molar-refractivity contribution in [1.29, 1.82) is 0 Å². The minimum Gasteiger partial charge on any atom is -0.368 e. The van der Waals surface area contributed by atoms with Gasteiger partial charge in [-0.25, -0.2) is 9.97 Å². The molecule has 0 fully saturated rings. The molecular weight excluding hydrogens is 226 g/mol. The molecule has 3 rings (SSSR count). The van der Waals surface area contributed by atoms with Gasteiger partial charge in [0.1, 0.15) is 6.33 Å². The largest absolute Gasteiger partial charge is 0.368 e. The number of benzene rings is 1. The highest BCUT2D eigenvalue weighted by atomic mass is 15.3. The van der Waals surface area contributed by atoms with Crippen molar-refractivity contribution in [3.05, 3.63) is 42.4 Å². The predicted octanol–water partition coefficient (Wildman–Crippen LogP) is 1.94. The third kappa shape index (κ3) is 1.52. The second-order valence-corrected chi connectivity index (χ2v) is 4.01. The molecule has 2 N–H and O–H groups in total. The summed E-state index contributed by atoms with van der Waals surface area (Å²) in [5.41, 5.74) is 9.69. The highest BCUT2D eigenvalue weighted by molar-refractivity contribution is 5.80. The van der Waals surface area contributed by atoms with Gasteiger partial charge in [0.2, 0.25) is 5.95 Å². The highest BCUT2D eigenvalue weighted by Gasteiger charge is 2.15. The number of nitrogens with zero attached hydrogens (tertiary/aromatic N) is 4. The Balaban J connectivity index is 2.37. The van der Waals surface area contributed by atoms with Crippen LogP contribution in [0.2, 0.25) is 0 Å². The maximum absolute atomic E-state index is 5.82. The van der Waals surface area contributed by atoms with E-state index in [1.54, 1.807) is 4.52 Å². The zero-order chi connectivity index (χ0) is 12.5. The van der Waals surface area contributed by atoms with Crippen LogP contribution in [-0.2, 0) is 6.42 Å². The summed E-state index contributed by atoms with van der Waals surface area (Å²) in [4.78, 5) is 8.25. The fourth-order valence-electron chi connectivity index (χ4n) is 2.08. The van der Waals surface area contributed by atoms with Crippen molar-refractivity contribution in [3.63, 3.8) is 0 Å². The molecule has 0 aliphatic carbocycles. The molecule has 2 heterocycles. The van der Waals surface area contributed by atoms with E-state index in [0.717, 1.165) is 28.9 Å². The van der Waals surface area contributed by atoms with Crippen molar-refractivity contribution in [1.82, 2.24) is 19.6 Å². The zero-order valence-corrected chi connectivity index (χ0v) is 10.0. The topological polar surface area (TPSA) is 69.1 Å². The molecule has 0 aliphatic heterocycles. The van der Waals surface area contributed by atoms with E-state index in [4.69, 9.17) is 5.73 Å². The van der Waals surface area contributed by atoms with Crippen molar-refractivity contribution >= 4 is 11.6 Å². The van der Waals surface area contributed by atoms with Crippen LogP contribution in [0.5, 0.6) is 0 Å². The van der Waals surface area contributed by atoms with Crippen molar-refractivity contribution in [2.24, 2.45) is 0 Å². The van der Waals surface area contributed by atoms with Crippen molar-refractivity contribution < 1.29 is 0 Å². The summed E-state index contributed by atoms with van der Waals surface area (Å²) in [6.07, 6.45) is 2.30. The first-order valence-electron chi connectivity index (χ1n) is 5.84. The first kappa shape index (κ1) is 10.7. The Morgan fingerprint density at radius 2 is 1.94 bits per heavy atom. The number of nitrogens with two attached hydrogens (primary N) is 1. The molecule has 0 radical (unpaired) electrons. The van der Waals surface area contributed by atoms with Crippen LogP contribution in [0.15, 0.2) is 36.7 Å². The lowest BCUT2D eigenvalue weighted by Gasteiger charge is -2.00. The van der Waals surface area contributed by atoms with Gasteiger partial charge in [-0.2, -0.15) is 9.61 Å². The van der Waals surface area contributed by atoms with E-state index in [-0.39, 0.29) is 0 Å². The summed E-state index contributed by atoms with van der Waals surface area (Å²) in [5.74, 6) is 0.358. The number of rotatable bonds is 2. The first-order chi connectivity index (χ1) is 8.81. The summed E-state index contributed by atoms with van der Waals surface area (Å²) in [5, 5.41) is 4.47. The molecule has 18 heavy (non-hydrogen) atoms. The highest BCUT2D eigenvalue weighted by Crippen LogP contribution is 2.27. The van der Waals surface area contributed by atoms with Crippen molar-refractivity contribution in [3.8, 4) is 11.1 Å². The molecule has 0 atom stereocenters. The van der Waals surface area contributed by atoms with Crippen LogP contribution in [0.25, 0.3) is 16.8 Å². The molecule has 3 aromatic rings. The van der Waals surface area contributed by atoms with E-state index >= 15 is 0 Å². The lowest BCUT2D eigenvalue weighted by atomic mass is 10.0. The van der Waals surface area contributed by atoms with Crippen LogP contribution < -0.4 is 5.73 Å². The minimum absolute atomic E-state index is 0.358. The number of aryl methyl sites for hydroxylation is 1. The lowest BCUT2D eigenvalue weighted by Crippen LogP contribution is -2.02. The van der Waals surface area contributed by atoms with Gasteiger partial charge in [-0.15, -0.1) is 0 Å². The van der Waals surface area contributed by atoms with Gasteiger partial charge in [0, 0.05) is 5.56 Å². The fourth-order valence-corrected chi connectivity index (χ4v) is 2.08. The van der Waals surface area contributed by atoms with E-state index in [9.17, 15) is 0 Å². The van der Waals surface area contributed by atoms with Gasteiger partial charge in [0.05, 0.1) is 5.69 Å². The molecule has 0 saturated carbocycles. The monoisotopic (exact) mass is 239 g/mol. The molecule has 0 bridgehead atoms. The second-order valence-electron chi connectivity index (χ2n) is 4.01. The van der Waals surface area contributed by atoms with Gasteiger partial charge in [0.15, 0.2) is 5.65 Å². The Bertz CT molecular complexity index is 687. The summed E-state index contributed by atoms with van der Waals surface area (Å²) in [7, 11) is 0. The van der Waals surface area contributed by atoms with Crippen molar-refractivity contribution in [2.75, 3.05) is 5.73 Å². The molecule has 1 aromatic carbocycles. The molecule has 5 heteroatoms. The van der Waals surface area contributed by atoms with E-state index in [0.29, 0.717) is 5.95 Å². The summed E-state index contributed by atoms with van der Waals surface area (Å²) >= 11 is 0. The van der Waals surface area contributed by atoms with Gasteiger partial charge >= 0.3 is 0 Å². The number of hydrogen-bond acceptors (Lipinski definition) is 4. The SMILES string of the molecule is CCc1nn2c(N)ncnc2c1-c1ccccc1. The van der Waals surface area contributed by atoms with Crippen LogP contribution in [0, 0.1) is 0 Å². The number of aromatic nitrogens is 4. The Labute approximate surface area is 104 Å². The third-order valence-corrected chi connectivity index (χ3v) is 2.92. The summed E-state index contributed by atoms with van der Waals surface area (Å²) < 4.78 is 1.60. The average molecular weight is 239 g/mol. The Morgan fingerprint density at radius 1 is 1.17 bits per heavy atom. The molecule has 0 amide bonds. The van der Waals surface area contributed by atoms with Gasteiger partial charge in [-0.3, -0.25) is 0 Å². The standard InChI is InChI=1S/C13H13N5/c1-2-10-11(9-6-4-3-5-7-9)12-15-8-16-13(14)18(12)17-10/h3-8H,2H2,1H3,(H2,14,15,16). The molecule has 0 aliphatic rings. The van der Waals surface area contributed by atoms with Gasteiger partial charge in [0.25, 0.3) is 0 Å². The molecular formula is C13H13N5. The minimum atomic E-state index is 0.358. The molecule has 5 nitrogen and oxygen atoms in total. The normalized spacial score (nSPS) is 10.9. The van der Waals surface area contributed by atoms with E-state index in [1.807, 2.05) is 18.2 Å². The molecule has 2 aromatic heterocycles. The van der Waals surface area contributed by atoms with Crippen LogP contribution in [0.4, 0.5) is 5.95 Å². The molecule has 0 unspecified atom stereocenters. The fraction of sp³-hybridized carbons (Fsp3) is 0.154. The van der Waals surface area contributed by atoms with E-state index in [2.05, 4.69) is 34.1 Å². The molecule has 0 spiro atoms. The van der Waals surface area contributed by atoms with Gasteiger partial charge < -0.3 is 5.73 Å². The van der Waals surface area contributed by atoms with Gasteiger partial charge in [-0.1, -0.05) is 37.3 Å². The number of anilines is 1. The number of fused-ring (bicyclic) bond motifs is 1. The van der Waals surface area contributed by atoms with Crippen LogP contribution in [0.1, 0.15) is 12.6 Å². The number of hydrogen-bond donors (Lipinski definition) is 1. The summed E-state index contributed by atoms with van der Waals surface area (Å²) in [6, 6.07) is 10.1. The van der Waals surface area contributed by atoms with E-state index < -0.39 is 0 Å². The lowest BCUT2D eigenvalue weighted by molar-refractivity contribution is 0.870. The Kier molecular flexibility index (Phi) is 2.44. The van der Waals surface area contributed by atoms with E-state index in [1.165, 1.54) is 6.33 Å². The molecule has 90 valence electrons. The number of nitrogen functional groups attached to an aromatic ring is 1. The quantitative estimate of drug-likeness (QED) is 0.742. The van der Waals surface area contributed by atoms with Crippen LogP contribution in [0.3, 0.4) is 0 Å². The van der Waals surface area contributed by atoms with Gasteiger partial charge in [-0.05, 0) is 12.0 Å². The zero-order valence-electron chi connectivity index (χ0n) is 10.0. The van der Waals surface area contributed by atoms with Crippen LogP contribution >= 0.6 is 0 Å². The Hall–Kier alpha value is -2.43. The molecule has 0 saturated heterocycles. The second kappa shape index (κ2) is 4.10.